The van der Waals surface area contributed by atoms with Gasteiger partial charge < -0.3 is 10.5 Å². The minimum Gasteiger partial charge on any atom is -0.476 e. The molecule has 0 spiro atoms. The van der Waals surface area contributed by atoms with E-state index in [0.717, 1.165) is 18.0 Å². The number of aliphatic imine (C=N–C) groups is 1. The molecule has 1 saturated carbocycles. The fourth-order valence-electron chi connectivity index (χ4n) is 2.71. The molecule has 0 radical (unpaired) electrons. The highest BCUT2D eigenvalue weighted by molar-refractivity contribution is 5.97. The van der Waals surface area contributed by atoms with E-state index in [1.807, 2.05) is 6.07 Å². The summed E-state index contributed by atoms with van der Waals surface area (Å²) in [5.41, 5.74) is 8.76. The van der Waals surface area contributed by atoms with Crippen molar-refractivity contribution in [3.8, 4) is 0 Å². The molecule has 1 heterocycles. The van der Waals surface area contributed by atoms with Crippen molar-refractivity contribution in [3.63, 3.8) is 0 Å². The highest BCUT2D eigenvalue weighted by atomic mass is 16.5. The summed E-state index contributed by atoms with van der Waals surface area (Å²) in [5.74, 6) is 0.799. The lowest BCUT2D eigenvalue weighted by Crippen LogP contribution is -2.33. The Bertz CT molecular complexity index is 461. The van der Waals surface area contributed by atoms with E-state index in [0.29, 0.717) is 6.61 Å². The summed E-state index contributed by atoms with van der Waals surface area (Å²) in [6.07, 6.45) is 2.35. The van der Waals surface area contributed by atoms with Crippen molar-refractivity contribution in [2.45, 2.75) is 31.2 Å². The lowest BCUT2D eigenvalue weighted by Gasteiger charge is -2.22. The van der Waals surface area contributed by atoms with E-state index < -0.39 is 0 Å². The Morgan fingerprint density at radius 3 is 2.71 bits per heavy atom. The molecule has 90 valence electrons. The fourth-order valence-corrected chi connectivity index (χ4v) is 2.71. The Labute approximate surface area is 102 Å². The summed E-state index contributed by atoms with van der Waals surface area (Å²) in [6.45, 7) is 3.57. The largest absolute Gasteiger partial charge is 0.476 e. The summed E-state index contributed by atoms with van der Waals surface area (Å²) in [6, 6.07) is 8.58. The van der Waals surface area contributed by atoms with Crippen molar-refractivity contribution in [3.05, 3.63) is 35.4 Å². The molecule has 1 atom stereocenters. The van der Waals surface area contributed by atoms with E-state index >= 15 is 0 Å². The molecule has 0 aromatic heterocycles. The molecule has 1 unspecified atom stereocenters. The molecule has 1 aromatic carbocycles. The molecule has 1 aromatic rings. The third kappa shape index (κ3) is 1.65. The molecule has 3 nitrogen and oxygen atoms in total. The number of hydrogen-bond donors (Lipinski definition) is 1. The third-order valence-electron chi connectivity index (χ3n) is 3.94. The van der Waals surface area contributed by atoms with Crippen molar-refractivity contribution in [2.24, 2.45) is 10.7 Å². The summed E-state index contributed by atoms with van der Waals surface area (Å²) in [4.78, 5) is 4.42. The first kappa shape index (κ1) is 10.8. The van der Waals surface area contributed by atoms with Crippen molar-refractivity contribution in [2.75, 3.05) is 13.2 Å². The monoisotopic (exact) mass is 230 g/mol. The van der Waals surface area contributed by atoms with Gasteiger partial charge in [0.2, 0.25) is 5.90 Å². The highest BCUT2D eigenvalue weighted by Gasteiger charge is 2.49. The van der Waals surface area contributed by atoms with Gasteiger partial charge in [-0.25, -0.2) is 4.99 Å². The first-order valence-electron chi connectivity index (χ1n) is 6.27. The molecule has 0 amide bonds. The zero-order chi connectivity index (χ0) is 11.9. The zero-order valence-electron chi connectivity index (χ0n) is 10.1. The van der Waals surface area contributed by atoms with Crippen LogP contribution in [0.5, 0.6) is 0 Å². The molecule has 0 saturated heterocycles. The molecular formula is C14H18N2O. The second-order valence-electron chi connectivity index (χ2n) is 5.03. The smallest absolute Gasteiger partial charge is 0.216 e. The molecular weight excluding hydrogens is 212 g/mol. The first-order valence-corrected chi connectivity index (χ1v) is 6.27. The molecule has 3 heteroatoms. The van der Waals surface area contributed by atoms with Crippen LogP contribution in [0.1, 0.15) is 30.9 Å². The SMILES string of the molecule is CC(N)C1(c2ccccc2C2=NCCO2)CC1. The Morgan fingerprint density at radius 2 is 2.12 bits per heavy atom. The summed E-state index contributed by atoms with van der Waals surface area (Å²) in [5, 5.41) is 0. The van der Waals surface area contributed by atoms with Crippen LogP contribution in [0.15, 0.2) is 29.3 Å². The maximum atomic E-state index is 6.15. The number of benzene rings is 1. The van der Waals surface area contributed by atoms with Crippen LogP contribution in [0.4, 0.5) is 0 Å². The maximum absolute atomic E-state index is 6.15. The number of ether oxygens (including phenoxy) is 1. The van der Waals surface area contributed by atoms with Gasteiger partial charge in [0.05, 0.1) is 6.54 Å². The Morgan fingerprint density at radius 1 is 1.35 bits per heavy atom. The lowest BCUT2D eigenvalue weighted by molar-refractivity contribution is 0.347. The van der Waals surface area contributed by atoms with E-state index in [1.54, 1.807) is 0 Å². The molecule has 17 heavy (non-hydrogen) atoms. The van der Waals surface area contributed by atoms with Crippen LogP contribution in [-0.2, 0) is 10.2 Å². The van der Waals surface area contributed by atoms with Crippen LogP contribution in [0.2, 0.25) is 0 Å². The van der Waals surface area contributed by atoms with Crippen molar-refractivity contribution in [1.82, 2.24) is 0 Å². The molecule has 0 bridgehead atoms. The van der Waals surface area contributed by atoms with Gasteiger partial charge >= 0.3 is 0 Å². The number of nitrogens with zero attached hydrogens (tertiary/aromatic N) is 1. The van der Waals surface area contributed by atoms with Gasteiger partial charge in [-0.3, -0.25) is 0 Å². The Kier molecular flexibility index (Phi) is 2.44. The second kappa shape index (κ2) is 3.84. The van der Waals surface area contributed by atoms with Gasteiger partial charge in [0, 0.05) is 17.0 Å². The average Bonchev–Trinajstić information content (AvgIpc) is 2.98. The summed E-state index contributed by atoms with van der Waals surface area (Å²) in [7, 11) is 0. The molecule has 3 rings (SSSR count). The standard InChI is InChI=1S/C14H18N2O/c1-10(15)14(6-7-14)12-5-3-2-4-11(12)13-16-8-9-17-13/h2-5,10H,6-9,15H2,1H3. The van der Waals surface area contributed by atoms with Gasteiger partial charge in [0.1, 0.15) is 6.61 Å². The van der Waals surface area contributed by atoms with Gasteiger partial charge in [-0.1, -0.05) is 18.2 Å². The Balaban J connectivity index is 2.05. The van der Waals surface area contributed by atoms with E-state index in [4.69, 9.17) is 10.5 Å². The van der Waals surface area contributed by atoms with E-state index in [1.165, 1.54) is 18.4 Å². The van der Waals surface area contributed by atoms with Gasteiger partial charge in [-0.15, -0.1) is 0 Å². The number of rotatable bonds is 3. The van der Waals surface area contributed by atoms with Crippen molar-refractivity contribution >= 4 is 5.90 Å². The van der Waals surface area contributed by atoms with Crippen LogP contribution in [0, 0.1) is 0 Å². The normalized spacial score (nSPS) is 22.8. The minimum absolute atomic E-state index is 0.158. The lowest BCUT2D eigenvalue weighted by atomic mass is 9.86. The van der Waals surface area contributed by atoms with Gasteiger partial charge in [-0.05, 0) is 31.4 Å². The van der Waals surface area contributed by atoms with Crippen LogP contribution in [-0.4, -0.2) is 25.1 Å². The topological polar surface area (TPSA) is 47.6 Å². The van der Waals surface area contributed by atoms with Gasteiger partial charge in [0.15, 0.2) is 0 Å². The zero-order valence-corrected chi connectivity index (χ0v) is 10.1. The number of hydrogen-bond acceptors (Lipinski definition) is 3. The Hall–Kier alpha value is -1.35. The van der Waals surface area contributed by atoms with Gasteiger partial charge in [-0.2, -0.15) is 0 Å². The van der Waals surface area contributed by atoms with Gasteiger partial charge in [0.25, 0.3) is 0 Å². The quantitative estimate of drug-likeness (QED) is 0.861. The van der Waals surface area contributed by atoms with Crippen molar-refractivity contribution < 1.29 is 4.74 Å². The van der Waals surface area contributed by atoms with Crippen LogP contribution in [0.25, 0.3) is 0 Å². The molecule has 2 aliphatic rings. The first-order chi connectivity index (χ1) is 8.24. The third-order valence-corrected chi connectivity index (χ3v) is 3.94. The van der Waals surface area contributed by atoms with E-state index in [9.17, 15) is 0 Å². The molecule has 1 aliphatic heterocycles. The van der Waals surface area contributed by atoms with Crippen molar-refractivity contribution in [1.29, 1.82) is 0 Å². The second-order valence-corrected chi connectivity index (χ2v) is 5.03. The predicted molar refractivity (Wildman–Crippen MR) is 68.4 cm³/mol. The molecule has 2 N–H and O–H groups in total. The molecule has 1 aliphatic carbocycles. The minimum atomic E-state index is 0.158. The van der Waals surface area contributed by atoms with E-state index in [2.05, 4.69) is 30.1 Å². The summed E-state index contributed by atoms with van der Waals surface area (Å²) < 4.78 is 5.59. The number of nitrogens with two attached hydrogens (primary N) is 1. The highest BCUT2D eigenvalue weighted by Crippen LogP contribution is 2.51. The fraction of sp³-hybridized carbons (Fsp3) is 0.500. The molecule has 1 fully saturated rings. The maximum Gasteiger partial charge on any atom is 0.216 e. The van der Waals surface area contributed by atoms with E-state index in [-0.39, 0.29) is 11.5 Å². The predicted octanol–water partition coefficient (Wildman–Crippen LogP) is 1.84. The average molecular weight is 230 g/mol. The van der Waals surface area contributed by atoms with Crippen LogP contribution >= 0.6 is 0 Å². The van der Waals surface area contributed by atoms with Crippen LogP contribution in [0.3, 0.4) is 0 Å². The van der Waals surface area contributed by atoms with Crippen LogP contribution < -0.4 is 5.73 Å². The summed E-state index contributed by atoms with van der Waals surface area (Å²) >= 11 is 0.